The van der Waals surface area contributed by atoms with Crippen molar-refractivity contribution >= 4 is 32.3 Å². The van der Waals surface area contributed by atoms with E-state index in [0.717, 1.165) is 33.5 Å². The molecule has 0 saturated heterocycles. The Labute approximate surface area is 367 Å². The summed E-state index contributed by atoms with van der Waals surface area (Å²) in [6, 6.07) is 79.0. The second-order valence-electron chi connectivity index (χ2n) is 17.2. The first-order valence-corrected chi connectivity index (χ1v) is 21.8. The van der Waals surface area contributed by atoms with Crippen molar-refractivity contribution in [2.24, 2.45) is 0 Å². The molecule has 0 radical (unpaired) electrons. The largest absolute Gasteiger partial charge is 0.228 e. The Balaban J connectivity index is 1.00. The summed E-state index contributed by atoms with van der Waals surface area (Å²) in [7, 11) is 0. The summed E-state index contributed by atoms with van der Waals surface area (Å²) in [5, 5.41) is 7.44. The predicted molar refractivity (Wildman–Crippen MR) is 265 cm³/mol. The number of nitrogens with zero attached hydrogens (tertiary/aromatic N) is 2. The quantitative estimate of drug-likeness (QED) is 0.167. The van der Waals surface area contributed by atoms with Crippen molar-refractivity contribution in [1.82, 2.24) is 9.97 Å². The number of aromatic nitrogens is 2. The van der Waals surface area contributed by atoms with Crippen LogP contribution in [0.2, 0.25) is 0 Å². The van der Waals surface area contributed by atoms with E-state index in [1.165, 1.54) is 82.6 Å². The van der Waals surface area contributed by atoms with Crippen LogP contribution in [-0.4, -0.2) is 9.97 Å². The summed E-state index contributed by atoms with van der Waals surface area (Å²) in [5.74, 6) is 0.705. The minimum absolute atomic E-state index is 0.128. The number of hydrogen-bond acceptors (Lipinski definition) is 2. The molecule has 0 fully saturated rings. The van der Waals surface area contributed by atoms with Crippen molar-refractivity contribution in [3.63, 3.8) is 0 Å². The second-order valence-corrected chi connectivity index (χ2v) is 17.2. The summed E-state index contributed by atoms with van der Waals surface area (Å²) < 4.78 is 0. The molecule has 0 atom stereocenters. The zero-order valence-electron chi connectivity index (χ0n) is 35.2. The molecule has 0 unspecified atom stereocenters. The highest BCUT2D eigenvalue weighted by molar-refractivity contribution is 6.13. The first-order chi connectivity index (χ1) is 31.0. The van der Waals surface area contributed by atoms with E-state index in [0.29, 0.717) is 5.82 Å². The smallest absolute Gasteiger partial charge is 0.160 e. The lowest BCUT2D eigenvalue weighted by Crippen LogP contribution is -2.15. The number of fused-ring (bicyclic) bond motifs is 7. The average Bonchev–Trinajstić information content (AvgIpc) is 3.60. The van der Waals surface area contributed by atoms with Gasteiger partial charge >= 0.3 is 0 Å². The predicted octanol–water partition coefficient (Wildman–Crippen LogP) is 16.2. The molecule has 2 heteroatoms. The Morgan fingerprint density at radius 2 is 0.794 bits per heavy atom. The molecule has 0 aliphatic heterocycles. The first kappa shape index (κ1) is 36.9. The van der Waals surface area contributed by atoms with Crippen LogP contribution in [0, 0.1) is 0 Å². The fraction of sp³-hybridized carbons (Fsp3) is 0.0492. The SMILES string of the molecule is CC1(C)c2cccc(-c3ccc(-c4ccc(-c5cc(-c6ccc(-c7ccccc7)cc6)nc(-c6ccccc6)n5)c5ccccc45)c4ccccc34)c2-c2ccc3ccccc3c21. The van der Waals surface area contributed by atoms with Gasteiger partial charge in [-0.1, -0.05) is 226 Å². The maximum atomic E-state index is 5.27. The molecule has 1 aliphatic carbocycles. The molecule has 0 amide bonds. The number of benzene rings is 10. The third-order valence-corrected chi connectivity index (χ3v) is 13.3. The van der Waals surface area contributed by atoms with Gasteiger partial charge in [0.15, 0.2) is 5.82 Å². The molecule has 0 bridgehead atoms. The van der Waals surface area contributed by atoms with E-state index in [1.807, 2.05) is 18.2 Å². The van der Waals surface area contributed by atoms with Crippen molar-refractivity contribution < 1.29 is 0 Å². The van der Waals surface area contributed by atoms with E-state index in [1.54, 1.807) is 0 Å². The normalized spacial score (nSPS) is 12.7. The maximum Gasteiger partial charge on any atom is 0.160 e. The molecule has 1 aliphatic rings. The van der Waals surface area contributed by atoms with Crippen molar-refractivity contribution in [3.05, 3.63) is 230 Å². The van der Waals surface area contributed by atoms with Crippen LogP contribution in [0.15, 0.2) is 218 Å². The Hall–Kier alpha value is -7.94. The van der Waals surface area contributed by atoms with E-state index in [4.69, 9.17) is 9.97 Å². The lowest BCUT2D eigenvalue weighted by atomic mass is 9.80. The topological polar surface area (TPSA) is 25.8 Å². The molecule has 10 aromatic carbocycles. The molecule has 11 aromatic rings. The Morgan fingerprint density at radius 3 is 1.44 bits per heavy atom. The van der Waals surface area contributed by atoms with Crippen LogP contribution in [0.4, 0.5) is 0 Å². The maximum absolute atomic E-state index is 5.27. The summed E-state index contributed by atoms with van der Waals surface area (Å²) in [6.45, 7) is 4.77. The van der Waals surface area contributed by atoms with E-state index in [9.17, 15) is 0 Å². The van der Waals surface area contributed by atoms with Gasteiger partial charge in [-0.2, -0.15) is 0 Å². The van der Waals surface area contributed by atoms with Crippen molar-refractivity contribution in [2.45, 2.75) is 19.3 Å². The molecule has 12 rings (SSSR count). The van der Waals surface area contributed by atoms with E-state index < -0.39 is 0 Å². The molecule has 0 saturated carbocycles. The van der Waals surface area contributed by atoms with Crippen LogP contribution >= 0.6 is 0 Å². The van der Waals surface area contributed by atoms with Gasteiger partial charge in [-0.25, -0.2) is 9.97 Å². The Morgan fingerprint density at radius 1 is 0.317 bits per heavy atom. The van der Waals surface area contributed by atoms with Gasteiger partial charge in [0.25, 0.3) is 0 Å². The lowest BCUT2D eigenvalue weighted by Gasteiger charge is -2.23. The Bertz CT molecular complexity index is 3570. The van der Waals surface area contributed by atoms with Gasteiger partial charge in [-0.05, 0) is 94.0 Å². The molecule has 63 heavy (non-hydrogen) atoms. The van der Waals surface area contributed by atoms with E-state index in [2.05, 4.69) is 214 Å². The highest BCUT2D eigenvalue weighted by Gasteiger charge is 2.38. The number of hydrogen-bond donors (Lipinski definition) is 0. The molecule has 1 heterocycles. The summed E-state index contributed by atoms with van der Waals surface area (Å²) in [4.78, 5) is 10.4. The fourth-order valence-corrected chi connectivity index (χ4v) is 10.3. The standard InChI is InChI=1S/C61H42N2/c1-61(2)55-27-15-26-53(58(55)54-33-32-41-18-9-10-21-44(41)59(54)61)51-35-34-49(45-22-11-12-23-46(45)51)50-36-37-52(48-25-14-13-24-47(48)50)57-38-56(62-60(63-57)43-19-7-4-8-20-43)42-30-28-40(29-31-42)39-16-5-3-6-17-39/h3-38H,1-2H3. The van der Waals surface area contributed by atoms with Crippen molar-refractivity contribution in [2.75, 3.05) is 0 Å². The van der Waals surface area contributed by atoms with Gasteiger partial charge in [0.05, 0.1) is 11.4 Å². The zero-order chi connectivity index (χ0) is 42.1. The van der Waals surface area contributed by atoms with Crippen molar-refractivity contribution in [1.29, 1.82) is 0 Å². The van der Waals surface area contributed by atoms with Crippen molar-refractivity contribution in [3.8, 4) is 78.4 Å². The fourth-order valence-electron chi connectivity index (χ4n) is 10.3. The van der Waals surface area contributed by atoms with Gasteiger partial charge < -0.3 is 0 Å². The van der Waals surface area contributed by atoms with Crippen LogP contribution in [0.1, 0.15) is 25.0 Å². The van der Waals surface area contributed by atoms with Gasteiger partial charge in [0.2, 0.25) is 0 Å². The second kappa shape index (κ2) is 14.6. The molecule has 0 spiro atoms. The highest BCUT2D eigenvalue weighted by atomic mass is 14.9. The monoisotopic (exact) mass is 802 g/mol. The lowest BCUT2D eigenvalue weighted by molar-refractivity contribution is 0.666. The first-order valence-electron chi connectivity index (χ1n) is 21.8. The average molecular weight is 803 g/mol. The minimum atomic E-state index is -0.128. The van der Waals surface area contributed by atoms with Crippen LogP contribution < -0.4 is 0 Å². The summed E-state index contributed by atoms with van der Waals surface area (Å²) >= 11 is 0. The Kier molecular flexibility index (Phi) is 8.55. The van der Waals surface area contributed by atoms with Crippen LogP contribution in [-0.2, 0) is 5.41 Å². The molecule has 2 nitrogen and oxygen atoms in total. The summed E-state index contributed by atoms with van der Waals surface area (Å²) in [5.41, 5.74) is 17.6. The highest BCUT2D eigenvalue weighted by Crippen LogP contribution is 2.55. The molecular weight excluding hydrogens is 761 g/mol. The molecule has 1 aromatic heterocycles. The third kappa shape index (κ3) is 6.02. The van der Waals surface area contributed by atoms with Gasteiger partial charge in [0.1, 0.15) is 0 Å². The third-order valence-electron chi connectivity index (χ3n) is 13.3. The van der Waals surface area contributed by atoms with Gasteiger partial charge in [-0.15, -0.1) is 0 Å². The summed E-state index contributed by atoms with van der Waals surface area (Å²) in [6.07, 6.45) is 0. The zero-order valence-corrected chi connectivity index (χ0v) is 35.2. The van der Waals surface area contributed by atoms with Crippen LogP contribution in [0.25, 0.3) is 111 Å². The van der Waals surface area contributed by atoms with Crippen LogP contribution in [0.3, 0.4) is 0 Å². The van der Waals surface area contributed by atoms with Gasteiger partial charge in [0, 0.05) is 22.1 Å². The van der Waals surface area contributed by atoms with E-state index in [-0.39, 0.29) is 5.41 Å². The molecule has 0 N–H and O–H groups in total. The van der Waals surface area contributed by atoms with Gasteiger partial charge in [-0.3, -0.25) is 0 Å². The molecule has 296 valence electrons. The number of rotatable bonds is 6. The minimum Gasteiger partial charge on any atom is -0.228 e. The van der Waals surface area contributed by atoms with E-state index >= 15 is 0 Å². The molecular formula is C61H42N2. The van der Waals surface area contributed by atoms with Crippen LogP contribution in [0.5, 0.6) is 0 Å².